The Balaban J connectivity index is 2.32. The molecule has 0 amide bonds. The number of thiophene rings is 1. The van der Waals surface area contributed by atoms with Crippen LogP contribution in [0.4, 0.5) is 5.69 Å². The van der Waals surface area contributed by atoms with E-state index in [0.29, 0.717) is 6.42 Å². The van der Waals surface area contributed by atoms with Crippen molar-refractivity contribution >= 4 is 17.0 Å². The van der Waals surface area contributed by atoms with Gasteiger partial charge in [-0.05, 0) is 11.4 Å². The first-order chi connectivity index (χ1) is 7.27. The summed E-state index contributed by atoms with van der Waals surface area (Å²) in [6.45, 7) is 0. The fourth-order valence-corrected chi connectivity index (χ4v) is 2.17. The zero-order chi connectivity index (χ0) is 10.7. The van der Waals surface area contributed by atoms with E-state index in [0.717, 1.165) is 10.4 Å². The second-order valence-corrected chi connectivity index (χ2v) is 4.17. The Labute approximate surface area is 91.1 Å². The molecule has 15 heavy (non-hydrogen) atoms. The number of para-hydroxylation sites is 1. The van der Waals surface area contributed by atoms with Gasteiger partial charge in [0, 0.05) is 22.9 Å². The van der Waals surface area contributed by atoms with E-state index in [2.05, 4.69) is 0 Å². The zero-order valence-electron chi connectivity index (χ0n) is 7.92. The molecule has 1 aromatic carbocycles. The maximum Gasteiger partial charge on any atom is 0.272 e. The minimum atomic E-state index is -0.330. The van der Waals surface area contributed by atoms with Crippen LogP contribution in [0.2, 0.25) is 0 Å². The van der Waals surface area contributed by atoms with Crippen LogP contribution in [0.15, 0.2) is 41.8 Å². The predicted octanol–water partition coefficient (Wildman–Crippen LogP) is 3.25. The Morgan fingerprint density at radius 3 is 2.67 bits per heavy atom. The molecule has 0 aliphatic rings. The lowest BCUT2D eigenvalue weighted by Gasteiger charge is -2.00. The van der Waals surface area contributed by atoms with Gasteiger partial charge >= 0.3 is 0 Å². The van der Waals surface area contributed by atoms with Gasteiger partial charge < -0.3 is 0 Å². The first-order valence-corrected chi connectivity index (χ1v) is 5.40. The van der Waals surface area contributed by atoms with Gasteiger partial charge in [-0.1, -0.05) is 24.3 Å². The van der Waals surface area contributed by atoms with Crippen molar-refractivity contribution in [2.24, 2.45) is 0 Å². The molecule has 2 rings (SSSR count). The quantitative estimate of drug-likeness (QED) is 0.587. The summed E-state index contributed by atoms with van der Waals surface area (Å²) in [6.07, 6.45) is 0.634. The topological polar surface area (TPSA) is 43.1 Å². The van der Waals surface area contributed by atoms with Crippen LogP contribution in [-0.2, 0) is 6.42 Å². The highest BCUT2D eigenvalue weighted by Crippen LogP contribution is 2.22. The molecule has 0 saturated heterocycles. The fraction of sp³-hybridized carbons (Fsp3) is 0.0909. The lowest BCUT2D eigenvalue weighted by Crippen LogP contribution is -1.94. The van der Waals surface area contributed by atoms with Crippen molar-refractivity contribution in [2.75, 3.05) is 0 Å². The third-order valence-corrected chi connectivity index (χ3v) is 3.01. The smallest absolute Gasteiger partial charge is 0.258 e. The summed E-state index contributed by atoms with van der Waals surface area (Å²) in [4.78, 5) is 11.6. The summed E-state index contributed by atoms with van der Waals surface area (Å²) in [5.74, 6) is 0. The Hall–Kier alpha value is -1.68. The highest BCUT2D eigenvalue weighted by molar-refractivity contribution is 7.09. The molecule has 0 spiro atoms. The monoisotopic (exact) mass is 219 g/mol. The summed E-state index contributed by atoms with van der Waals surface area (Å²) in [5.41, 5.74) is 0.968. The molecule has 0 atom stereocenters. The van der Waals surface area contributed by atoms with Crippen molar-refractivity contribution in [3.63, 3.8) is 0 Å². The second-order valence-electron chi connectivity index (χ2n) is 3.14. The highest BCUT2D eigenvalue weighted by Gasteiger charge is 2.12. The Morgan fingerprint density at radius 2 is 2.00 bits per heavy atom. The van der Waals surface area contributed by atoms with Gasteiger partial charge in [0.15, 0.2) is 0 Å². The van der Waals surface area contributed by atoms with Crippen molar-refractivity contribution in [3.8, 4) is 0 Å². The average Bonchev–Trinajstić information content (AvgIpc) is 2.71. The molecule has 3 nitrogen and oxygen atoms in total. The summed E-state index contributed by atoms with van der Waals surface area (Å²) < 4.78 is 0. The minimum Gasteiger partial charge on any atom is -0.258 e. The fourth-order valence-electron chi connectivity index (χ4n) is 1.44. The molecular formula is C11H9NO2S. The molecule has 0 fully saturated rings. The van der Waals surface area contributed by atoms with Crippen LogP contribution in [0, 0.1) is 10.1 Å². The van der Waals surface area contributed by atoms with Gasteiger partial charge in [0.25, 0.3) is 5.69 Å². The number of hydrogen-bond donors (Lipinski definition) is 0. The van der Waals surface area contributed by atoms with Gasteiger partial charge in [-0.2, -0.15) is 0 Å². The summed E-state index contributed by atoms with van der Waals surface area (Å²) in [5, 5.41) is 12.7. The largest absolute Gasteiger partial charge is 0.272 e. The molecule has 4 heteroatoms. The number of nitro benzene ring substituents is 1. The van der Waals surface area contributed by atoms with E-state index in [4.69, 9.17) is 0 Å². The first kappa shape index (κ1) is 9.86. The molecular weight excluding hydrogens is 210 g/mol. The van der Waals surface area contributed by atoms with Crippen molar-refractivity contribution in [3.05, 3.63) is 62.3 Å². The predicted molar refractivity (Wildman–Crippen MR) is 60.2 cm³/mol. The molecule has 0 aliphatic heterocycles. The molecule has 0 saturated carbocycles. The minimum absolute atomic E-state index is 0.200. The molecule has 1 aromatic heterocycles. The Bertz CT molecular complexity index is 465. The summed E-state index contributed by atoms with van der Waals surface area (Å²) in [7, 11) is 0. The number of nitro groups is 1. The van der Waals surface area contributed by atoms with E-state index in [1.165, 1.54) is 0 Å². The van der Waals surface area contributed by atoms with Crippen molar-refractivity contribution in [1.82, 2.24) is 0 Å². The van der Waals surface area contributed by atoms with Gasteiger partial charge in [0.1, 0.15) is 0 Å². The van der Waals surface area contributed by atoms with E-state index >= 15 is 0 Å². The molecule has 76 valence electrons. The van der Waals surface area contributed by atoms with E-state index in [9.17, 15) is 10.1 Å². The van der Waals surface area contributed by atoms with E-state index < -0.39 is 0 Å². The maximum absolute atomic E-state index is 10.8. The van der Waals surface area contributed by atoms with Crippen LogP contribution in [0.25, 0.3) is 0 Å². The van der Waals surface area contributed by atoms with Gasteiger partial charge in [0.2, 0.25) is 0 Å². The van der Waals surface area contributed by atoms with Crippen LogP contribution in [0.1, 0.15) is 10.4 Å². The number of hydrogen-bond acceptors (Lipinski definition) is 3. The van der Waals surface area contributed by atoms with Crippen LogP contribution in [0.3, 0.4) is 0 Å². The van der Waals surface area contributed by atoms with Crippen molar-refractivity contribution in [1.29, 1.82) is 0 Å². The van der Waals surface area contributed by atoms with Crippen LogP contribution in [-0.4, -0.2) is 4.92 Å². The standard InChI is InChI=1S/C11H9NO2S/c13-12(14)11-6-2-1-4-9(11)8-10-5-3-7-15-10/h1-7H,8H2. The van der Waals surface area contributed by atoms with E-state index in [-0.39, 0.29) is 10.6 Å². The van der Waals surface area contributed by atoms with Crippen LogP contribution < -0.4 is 0 Å². The summed E-state index contributed by atoms with van der Waals surface area (Å²) in [6, 6.07) is 10.8. The molecule has 0 bridgehead atoms. The average molecular weight is 219 g/mol. The zero-order valence-corrected chi connectivity index (χ0v) is 8.74. The van der Waals surface area contributed by atoms with Crippen molar-refractivity contribution < 1.29 is 4.92 Å². The third-order valence-electron chi connectivity index (χ3n) is 2.13. The first-order valence-electron chi connectivity index (χ1n) is 4.52. The number of rotatable bonds is 3. The van der Waals surface area contributed by atoms with Gasteiger partial charge in [-0.15, -0.1) is 11.3 Å². The molecule has 0 unspecified atom stereocenters. The second kappa shape index (κ2) is 4.23. The number of nitrogens with zero attached hydrogens (tertiary/aromatic N) is 1. The molecule has 0 N–H and O–H groups in total. The van der Waals surface area contributed by atoms with Crippen molar-refractivity contribution in [2.45, 2.75) is 6.42 Å². The number of benzene rings is 1. The third kappa shape index (κ3) is 2.22. The van der Waals surface area contributed by atoms with Crippen LogP contribution >= 0.6 is 11.3 Å². The van der Waals surface area contributed by atoms with Gasteiger partial charge in [0.05, 0.1) is 4.92 Å². The van der Waals surface area contributed by atoms with E-state index in [1.807, 2.05) is 23.6 Å². The Morgan fingerprint density at radius 1 is 1.20 bits per heavy atom. The SMILES string of the molecule is O=[N+]([O-])c1ccccc1Cc1cccs1. The van der Waals surface area contributed by atoms with Gasteiger partial charge in [-0.3, -0.25) is 10.1 Å². The molecule has 1 heterocycles. The summed E-state index contributed by atoms with van der Waals surface area (Å²) >= 11 is 1.62. The lowest BCUT2D eigenvalue weighted by atomic mass is 10.1. The Kier molecular flexibility index (Phi) is 2.78. The van der Waals surface area contributed by atoms with E-state index in [1.54, 1.807) is 29.5 Å². The maximum atomic E-state index is 10.8. The normalized spacial score (nSPS) is 10.1. The molecule has 2 aromatic rings. The lowest BCUT2D eigenvalue weighted by molar-refractivity contribution is -0.385. The van der Waals surface area contributed by atoms with Crippen LogP contribution in [0.5, 0.6) is 0 Å². The molecule has 0 aliphatic carbocycles. The van der Waals surface area contributed by atoms with Gasteiger partial charge in [-0.25, -0.2) is 0 Å². The highest BCUT2D eigenvalue weighted by atomic mass is 32.1. The molecule has 0 radical (unpaired) electrons.